The highest BCUT2D eigenvalue weighted by Gasteiger charge is 2.15. The van der Waals surface area contributed by atoms with E-state index in [0.717, 1.165) is 6.42 Å². The Morgan fingerprint density at radius 2 is 2.20 bits per heavy atom. The molecule has 0 amide bonds. The summed E-state index contributed by atoms with van der Waals surface area (Å²) in [7, 11) is 0. The molecule has 0 aromatic heterocycles. The van der Waals surface area contributed by atoms with Crippen molar-refractivity contribution in [1.82, 2.24) is 0 Å². The van der Waals surface area contributed by atoms with Gasteiger partial charge in [0.05, 0.1) is 5.25 Å². The molecule has 1 N–H and O–H groups in total. The van der Waals surface area contributed by atoms with E-state index in [1.54, 1.807) is 13.0 Å². The third-order valence-electron chi connectivity index (χ3n) is 1.66. The summed E-state index contributed by atoms with van der Waals surface area (Å²) in [5, 5.41) is -0.155. The van der Waals surface area contributed by atoms with Gasteiger partial charge in [-0.1, -0.05) is 13.0 Å². The third-order valence-corrected chi connectivity index (χ3v) is 2.76. The Morgan fingerprint density at radius 1 is 1.70 bits per heavy atom. The molecule has 0 heterocycles. The Hall–Kier alpha value is -0.150. The maximum atomic E-state index is 10.5. The zero-order valence-electron chi connectivity index (χ0n) is 6.41. The van der Waals surface area contributed by atoms with Crippen LogP contribution < -0.4 is 0 Å². The molecule has 60 valence electrons. The van der Waals surface area contributed by atoms with Gasteiger partial charge in [0.15, 0.2) is 11.1 Å². The van der Waals surface area contributed by atoms with E-state index in [9.17, 15) is 4.21 Å². The highest BCUT2D eigenvalue weighted by Crippen LogP contribution is 2.12. The Balaban J connectivity index is 3.80. The second kappa shape index (κ2) is 4.63. The quantitative estimate of drug-likeness (QED) is 0.505. The van der Waals surface area contributed by atoms with E-state index in [2.05, 4.69) is 6.58 Å². The zero-order valence-corrected chi connectivity index (χ0v) is 7.23. The molecule has 10 heavy (non-hydrogen) atoms. The average molecular weight is 162 g/mol. The van der Waals surface area contributed by atoms with Gasteiger partial charge >= 0.3 is 0 Å². The Kier molecular flexibility index (Phi) is 4.56. The summed E-state index contributed by atoms with van der Waals surface area (Å²) in [4.78, 5) is 0. The highest BCUT2D eigenvalue weighted by molar-refractivity contribution is 7.79. The predicted molar refractivity (Wildman–Crippen MR) is 44.2 cm³/mol. The van der Waals surface area contributed by atoms with E-state index in [-0.39, 0.29) is 11.2 Å². The van der Waals surface area contributed by atoms with Gasteiger partial charge in [-0.05, 0) is 19.3 Å². The molecule has 0 rings (SSSR count). The molecule has 0 saturated heterocycles. The van der Waals surface area contributed by atoms with Crippen molar-refractivity contribution >= 4 is 11.1 Å². The first-order valence-electron chi connectivity index (χ1n) is 3.30. The van der Waals surface area contributed by atoms with Crippen molar-refractivity contribution in [3.63, 3.8) is 0 Å². The van der Waals surface area contributed by atoms with Crippen LogP contribution in [-0.4, -0.2) is 14.0 Å². The summed E-state index contributed by atoms with van der Waals surface area (Å²) in [6.45, 7) is 7.27. The summed E-state index contributed by atoms with van der Waals surface area (Å²) in [6, 6.07) is 0. The first-order valence-corrected chi connectivity index (χ1v) is 4.47. The fourth-order valence-corrected chi connectivity index (χ4v) is 1.16. The molecule has 1 unspecified atom stereocenters. The second-order valence-corrected chi connectivity index (χ2v) is 3.78. The van der Waals surface area contributed by atoms with Crippen LogP contribution >= 0.6 is 0 Å². The van der Waals surface area contributed by atoms with Crippen LogP contribution in [0.2, 0.25) is 0 Å². The monoisotopic (exact) mass is 162 g/mol. The molecule has 0 saturated carbocycles. The van der Waals surface area contributed by atoms with Gasteiger partial charge in [0.1, 0.15) is 0 Å². The minimum absolute atomic E-state index is 0.155. The van der Waals surface area contributed by atoms with Crippen molar-refractivity contribution < 1.29 is 8.76 Å². The molecule has 0 aromatic carbocycles. The lowest BCUT2D eigenvalue weighted by Crippen LogP contribution is -2.18. The largest absolute Gasteiger partial charge is 0.306 e. The Labute approximate surface area is 64.6 Å². The second-order valence-electron chi connectivity index (χ2n) is 2.48. The maximum absolute atomic E-state index is 10.5. The maximum Gasteiger partial charge on any atom is 0.155 e. The van der Waals surface area contributed by atoms with Crippen LogP contribution in [0.5, 0.6) is 0 Å². The molecule has 0 aliphatic rings. The van der Waals surface area contributed by atoms with Gasteiger partial charge in [-0.25, -0.2) is 4.21 Å². The minimum atomic E-state index is -1.69. The summed E-state index contributed by atoms with van der Waals surface area (Å²) in [5.41, 5.74) is 0. The lowest BCUT2D eigenvalue weighted by molar-refractivity contribution is 0.504. The lowest BCUT2D eigenvalue weighted by atomic mass is 10.1. The molecular weight excluding hydrogens is 148 g/mol. The van der Waals surface area contributed by atoms with E-state index in [1.165, 1.54) is 0 Å². The molecule has 0 aromatic rings. The van der Waals surface area contributed by atoms with Gasteiger partial charge < -0.3 is 4.55 Å². The van der Waals surface area contributed by atoms with Crippen LogP contribution in [0, 0.1) is 5.92 Å². The van der Waals surface area contributed by atoms with Crippen LogP contribution in [0.3, 0.4) is 0 Å². The normalized spacial score (nSPS) is 19.5. The number of hydrogen-bond acceptors (Lipinski definition) is 1. The Morgan fingerprint density at radius 3 is 2.50 bits per heavy atom. The van der Waals surface area contributed by atoms with Crippen molar-refractivity contribution in [2.75, 3.05) is 0 Å². The molecule has 0 aliphatic heterocycles. The fraction of sp³-hybridized carbons (Fsp3) is 0.714. The smallest absolute Gasteiger partial charge is 0.155 e. The molecule has 3 heteroatoms. The van der Waals surface area contributed by atoms with Gasteiger partial charge in [0, 0.05) is 0 Å². The van der Waals surface area contributed by atoms with Crippen LogP contribution in [0.15, 0.2) is 12.7 Å². The fourth-order valence-electron chi connectivity index (χ4n) is 0.653. The topological polar surface area (TPSA) is 37.3 Å². The average Bonchev–Trinajstić information content (AvgIpc) is 1.87. The molecule has 0 fully saturated rings. The molecule has 3 atom stereocenters. The van der Waals surface area contributed by atoms with Crippen LogP contribution in [0.4, 0.5) is 0 Å². The molecule has 0 bridgehead atoms. The number of allylic oxidation sites excluding steroid dienone is 1. The number of rotatable bonds is 4. The van der Waals surface area contributed by atoms with Crippen molar-refractivity contribution in [1.29, 1.82) is 0 Å². The van der Waals surface area contributed by atoms with Crippen molar-refractivity contribution in [3.05, 3.63) is 12.7 Å². The minimum Gasteiger partial charge on any atom is -0.306 e. The van der Waals surface area contributed by atoms with Crippen LogP contribution in [0.25, 0.3) is 0 Å². The molecule has 2 nitrogen and oxygen atoms in total. The van der Waals surface area contributed by atoms with Gasteiger partial charge in [-0.15, -0.1) is 6.58 Å². The summed E-state index contributed by atoms with van der Waals surface area (Å²) in [5.74, 6) is 0.239. The van der Waals surface area contributed by atoms with E-state index in [0.29, 0.717) is 0 Å². The molecule has 0 aliphatic carbocycles. The van der Waals surface area contributed by atoms with Crippen LogP contribution in [0.1, 0.15) is 20.3 Å². The Bertz CT molecular complexity index is 134. The lowest BCUT2D eigenvalue weighted by Gasteiger charge is -2.13. The van der Waals surface area contributed by atoms with Gasteiger partial charge in [0.25, 0.3) is 0 Å². The van der Waals surface area contributed by atoms with Crippen molar-refractivity contribution in [2.24, 2.45) is 5.92 Å². The van der Waals surface area contributed by atoms with E-state index < -0.39 is 11.1 Å². The molecule has 0 spiro atoms. The van der Waals surface area contributed by atoms with Crippen LogP contribution in [-0.2, 0) is 11.1 Å². The SMILES string of the molecule is C=CC[C@H](C)[C@@H](C)S(=O)O. The zero-order chi connectivity index (χ0) is 8.15. The first kappa shape index (κ1) is 9.85. The summed E-state index contributed by atoms with van der Waals surface area (Å²) in [6.07, 6.45) is 2.57. The van der Waals surface area contributed by atoms with E-state index in [4.69, 9.17) is 4.55 Å². The van der Waals surface area contributed by atoms with Gasteiger partial charge in [0.2, 0.25) is 0 Å². The van der Waals surface area contributed by atoms with Gasteiger partial charge in [-0.3, -0.25) is 0 Å². The highest BCUT2D eigenvalue weighted by atomic mass is 32.2. The first-order chi connectivity index (χ1) is 4.59. The molecule has 0 radical (unpaired) electrons. The van der Waals surface area contributed by atoms with Gasteiger partial charge in [-0.2, -0.15) is 0 Å². The predicted octanol–water partition coefficient (Wildman–Crippen LogP) is 1.81. The number of hydrogen-bond donors (Lipinski definition) is 1. The standard InChI is InChI=1S/C7H14O2S/c1-4-5-6(2)7(3)10(8)9/h4,6-7H,1,5H2,2-3H3,(H,8,9)/t6-,7+/m0/s1. The van der Waals surface area contributed by atoms with E-state index in [1.807, 2.05) is 6.92 Å². The third kappa shape index (κ3) is 3.13. The van der Waals surface area contributed by atoms with Crippen molar-refractivity contribution in [3.8, 4) is 0 Å². The molecular formula is C7H14O2S. The summed E-state index contributed by atoms with van der Waals surface area (Å²) < 4.78 is 19.1. The van der Waals surface area contributed by atoms with Crippen molar-refractivity contribution in [2.45, 2.75) is 25.5 Å². The summed E-state index contributed by atoms with van der Waals surface area (Å²) >= 11 is -1.69. The van der Waals surface area contributed by atoms with E-state index >= 15 is 0 Å².